The molecule has 544 valence electrons. The van der Waals surface area contributed by atoms with Gasteiger partial charge >= 0.3 is 0 Å². The van der Waals surface area contributed by atoms with Crippen LogP contribution in [0.5, 0.6) is 0 Å². The molecule has 2 saturated carbocycles. The summed E-state index contributed by atoms with van der Waals surface area (Å²) in [5, 5.41) is 2.41. The summed E-state index contributed by atoms with van der Waals surface area (Å²) in [4.78, 5) is 8.46. The van der Waals surface area contributed by atoms with Crippen LogP contribution in [0.1, 0.15) is 58.4 Å². The number of fused-ring (bicyclic) bond motifs is 7. The topological polar surface area (TPSA) is 14.7 Å². The van der Waals surface area contributed by atoms with Crippen LogP contribution in [-0.4, -0.2) is 23.4 Å². The quantitative estimate of drug-likeness (QED) is 0.107. The second-order valence-corrected chi connectivity index (χ2v) is 33.5. The van der Waals surface area contributed by atoms with Crippen molar-refractivity contribution in [2.75, 3.05) is 14.7 Å². The van der Waals surface area contributed by atoms with Gasteiger partial charge in [0, 0.05) is 79.2 Å². The lowest BCUT2D eigenvalue weighted by atomic mass is 9.33. The molecular formula is C109H85BN4. The van der Waals surface area contributed by atoms with Gasteiger partial charge < -0.3 is 19.3 Å². The molecule has 0 spiro atoms. The monoisotopic (exact) mass is 1460 g/mol. The molecule has 5 heterocycles. The van der Waals surface area contributed by atoms with Gasteiger partial charge in [0.05, 0.1) is 22.4 Å². The number of hydrogen-bond acceptors (Lipinski definition) is 3. The Morgan fingerprint density at radius 3 is 0.947 bits per heavy atom. The number of aromatic nitrogens is 1. The first-order valence-corrected chi connectivity index (χ1v) is 41.0. The molecule has 0 amide bonds. The zero-order valence-electron chi connectivity index (χ0n) is 64.5. The number of rotatable bonds is 13. The third-order valence-corrected chi connectivity index (χ3v) is 25.8. The molecule has 5 heteroatoms. The summed E-state index contributed by atoms with van der Waals surface area (Å²) in [7, 11) is 0. The summed E-state index contributed by atoms with van der Waals surface area (Å²) in [6, 6.07) is 144. The van der Waals surface area contributed by atoms with Crippen LogP contribution in [0.15, 0.2) is 376 Å². The fourth-order valence-electron chi connectivity index (χ4n) is 20.6. The van der Waals surface area contributed by atoms with E-state index in [0.717, 1.165) is 113 Å². The van der Waals surface area contributed by atoms with E-state index in [9.17, 15) is 0 Å². The summed E-state index contributed by atoms with van der Waals surface area (Å²) in [6.45, 7) is 6.75. The standard InChI is InChI=1S/C109H85BN4/c1-109(2,3)87-48-44-77(45-49-87)86-67-104-106-105(68-86)114(108-94(80-40-24-10-25-41-80)65-85(76-34-18-7-19-35-76)66-95(108)81-42-26-11-27-43-81)103-70-89(112-100-54-46-82(73-28-12-4-13-29-73)61-96(100)97-62-83(47-55-101(97)112)74-30-14-5-15-31-74)51-53-99(103)110(106)98-52-50-88(111-90-57-71-56-72(59-90)60-91(111)58-71)69-102(98)113(104)107-92(78-36-20-8-21-37-78)63-84(75-32-16-6-17-33-75)64-93(107)79-38-22-9-23-39-79/h4-55,61-72,90-91H,56-60H2,1-3H3. The van der Waals surface area contributed by atoms with Gasteiger partial charge in [-0.15, -0.1) is 0 Å². The molecule has 0 unspecified atom stereocenters. The first-order chi connectivity index (χ1) is 56.1. The number of piperidine rings is 2. The molecule has 1 aromatic heterocycles. The fourth-order valence-corrected chi connectivity index (χ4v) is 20.6. The van der Waals surface area contributed by atoms with Crippen molar-refractivity contribution in [2.24, 2.45) is 11.8 Å². The number of hydrogen-bond donors (Lipinski definition) is 0. The molecule has 23 rings (SSSR count). The molecule has 4 bridgehead atoms. The molecule has 17 aromatic rings. The van der Waals surface area contributed by atoms with E-state index in [2.05, 4.69) is 416 Å². The minimum absolute atomic E-state index is 0.0662. The Morgan fingerprint density at radius 1 is 0.263 bits per heavy atom. The van der Waals surface area contributed by atoms with Gasteiger partial charge in [0.25, 0.3) is 6.71 Å². The second kappa shape index (κ2) is 27.3. The SMILES string of the molecule is CC(C)(C)c1ccc(-c2cc3c4c(c2)N(c2c(-c5ccccc5)cc(-c5ccccc5)cc2-c2ccccc2)c2cc(-n5c6ccc(-c7ccccc7)cc6c6cc(-c7ccccc7)ccc65)ccc2B4c2ccc(N4C5CC6CC(C5)CC4C6)cc2N3c2c(-c3ccccc3)cc(-c3ccccc3)cc2-c2ccccc2)cc1. The number of benzene rings is 16. The van der Waals surface area contributed by atoms with E-state index >= 15 is 0 Å². The molecule has 16 aromatic carbocycles. The van der Waals surface area contributed by atoms with Crippen molar-refractivity contribution in [2.45, 2.75) is 70.4 Å². The zero-order chi connectivity index (χ0) is 75.7. The molecule has 4 aliphatic heterocycles. The Balaban J connectivity index is 0.899. The predicted molar refractivity (Wildman–Crippen MR) is 483 cm³/mol. The van der Waals surface area contributed by atoms with Crippen molar-refractivity contribution < 1.29 is 0 Å². The summed E-state index contributed by atoms with van der Waals surface area (Å²) < 4.78 is 2.56. The van der Waals surface area contributed by atoms with Crippen molar-refractivity contribution in [3.05, 3.63) is 382 Å². The van der Waals surface area contributed by atoms with Crippen molar-refractivity contribution >= 4 is 84.7 Å². The summed E-state index contributed by atoms with van der Waals surface area (Å²) in [5.41, 5.74) is 37.5. The highest BCUT2D eigenvalue weighted by Crippen LogP contribution is 2.58. The molecule has 4 nitrogen and oxygen atoms in total. The lowest BCUT2D eigenvalue weighted by Crippen LogP contribution is -2.62. The first-order valence-electron chi connectivity index (χ1n) is 41.0. The lowest BCUT2D eigenvalue weighted by molar-refractivity contribution is 0.0900. The maximum absolute atomic E-state index is 2.92. The maximum atomic E-state index is 2.92. The predicted octanol–water partition coefficient (Wildman–Crippen LogP) is 26.9. The number of nitrogens with zero attached hydrogens (tertiary/aromatic N) is 4. The van der Waals surface area contributed by atoms with Crippen molar-refractivity contribution in [1.82, 2.24) is 4.57 Å². The van der Waals surface area contributed by atoms with E-state index in [1.165, 1.54) is 121 Å². The van der Waals surface area contributed by atoms with Gasteiger partial charge in [-0.3, -0.25) is 0 Å². The highest BCUT2D eigenvalue weighted by Gasteiger charge is 2.50. The average Bonchev–Trinajstić information content (AvgIpc) is 0.751. The van der Waals surface area contributed by atoms with Gasteiger partial charge in [-0.2, -0.15) is 0 Å². The van der Waals surface area contributed by atoms with Gasteiger partial charge in [0.2, 0.25) is 0 Å². The Morgan fingerprint density at radius 2 is 0.579 bits per heavy atom. The molecular weight excluding hydrogens is 1380 g/mol. The highest BCUT2D eigenvalue weighted by molar-refractivity contribution is 7.00. The van der Waals surface area contributed by atoms with E-state index in [-0.39, 0.29) is 12.1 Å². The summed E-state index contributed by atoms with van der Waals surface area (Å²) in [6.07, 6.45) is 6.44. The van der Waals surface area contributed by atoms with E-state index in [1.807, 2.05) is 0 Å². The zero-order valence-corrected chi connectivity index (χ0v) is 64.5. The lowest BCUT2D eigenvalue weighted by Gasteiger charge is -2.57. The minimum atomic E-state index is -0.241. The van der Waals surface area contributed by atoms with Crippen molar-refractivity contribution in [3.63, 3.8) is 0 Å². The summed E-state index contributed by atoms with van der Waals surface area (Å²) in [5.74, 6) is 1.60. The van der Waals surface area contributed by atoms with Gasteiger partial charge in [-0.25, -0.2) is 0 Å². The average molecular weight is 1460 g/mol. The largest absolute Gasteiger partial charge is 0.365 e. The fraction of sp³-hybridized carbons (Fsp3) is 0.119. The molecule has 0 radical (unpaired) electrons. The highest BCUT2D eigenvalue weighted by atomic mass is 15.2. The van der Waals surface area contributed by atoms with E-state index in [0.29, 0.717) is 12.1 Å². The van der Waals surface area contributed by atoms with Gasteiger partial charge in [0.15, 0.2) is 0 Å². The van der Waals surface area contributed by atoms with Crippen LogP contribution in [0, 0.1) is 11.8 Å². The second-order valence-electron chi connectivity index (χ2n) is 33.5. The molecule has 2 aliphatic carbocycles. The number of anilines is 7. The minimum Gasteiger partial charge on any atom is -0.365 e. The Hall–Kier alpha value is -13.2. The Bertz CT molecular complexity index is 6310. The normalized spacial score (nSPS) is 16.5. The molecule has 2 saturated heterocycles. The van der Waals surface area contributed by atoms with Crippen LogP contribution < -0.4 is 31.1 Å². The third-order valence-electron chi connectivity index (χ3n) is 25.8. The van der Waals surface area contributed by atoms with E-state index in [4.69, 9.17) is 0 Å². The molecule has 4 fully saturated rings. The van der Waals surface area contributed by atoms with E-state index in [1.54, 1.807) is 0 Å². The first kappa shape index (κ1) is 67.7. The maximum Gasteiger partial charge on any atom is 0.252 e. The summed E-state index contributed by atoms with van der Waals surface area (Å²) >= 11 is 0. The third kappa shape index (κ3) is 11.5. The van der Waals surface area contributed by atoms with E-state index < -0.39 is 0 Å². The molecule has 6 aliphatic rings. The van der Waals surface area contributed by atoms with Gasteiger partial charge in [-0.1, -0.05) is 312 Å². The Kier molecular flexibility index (Phi) is 16.2. The molecule has 0 atom stereocenters. The van der Waals surface area contributed by atoms with Crippen LogP contribution in [0.2, 0.25) is 0 Å². The molecule has 114 heavy (non-hydrogen) atoms. The van der Waals surface area contributed by atoms with Crippen LogP contribution in [0.25, 0.3) is 128 Å². The smallest absolute Gasteiger partial charge is 0.252 e. The van der Waals surface area contributed by atoms with Crippen LogP contribution >= 0.6 is 0 Å². The van der Waals surface area contributed by atoms with Gasteiger partial charge in [0.1, 0.15) is 0 Å². The van der Waals surface area contributed by atoms with Crippen LogP contribution in [0.4, 0.5) is 39.8 Å². The van der Waals surface area contributed by atoms with Crippen LogP contribution in [0.3, 0.4) is 0 Å². The van der Waals surface area contributed by atoms with Crippen molar-refractivity contribution in [1.29, 1.82) is 0 Å². The van der Waals surface area contributed by atoms with Crippen molar-refractivity contribution in [3.8, 4) is 106 Å². The van der Waals surface area contributed by atoms with Crippen LogP contribution in [-0.2, 0) is 5.41 Å². The Labute approximate surface area is 669 Å². The molecule has 0 N–H and O–H groups in total. The van der Waals surface area contributed by atoms with Gasteiger partial charge in [-0.05, 0) is 234 Å².